The van der Waals surface area contributed by atoms with Crippen LogP contribution in [0, 0.1) is 0 Å². The highest BCUT2D eigenvalue weighted by Gasteiger charge is 2.35. The van der Waals surface area contributed by atoms with Crippen molar-refractivity contribution in [3.8, 4) is 11.5 Å². The molecule has 0 saturated carbocycles. The second-order valence-electron chi connectivity index (χ2n) is 9.32. The molecule has 0 bridgehead atoms. The predicted octanol–water partition coefficient (Wildman–Crippen LogP) is 5.01. The Bertz CT molecular complexity index is 1820. The number of nitrogens with zero attached hydrogens (tertiary/aromatic N) is 2. The molecule has 0 fully saturated rings. The van der Waals surface area contributed by atoms with E-state index in [4.69, 9.17) is 25.8 Å². The van der Waals surface area contributed by atoms with Gasteiger partial charge in [0.25, 0.3) is 5.56 Å². The molecule has 0 N–H and O–H groups in total. The summed E-state index contributed by atoms with van der Waals surface area (Å²) >= 11 is 7.62. The Morgan fingerprint density at radius 1 is 1.08 bits per heavy atom. The van der Waals surface area contributed by atoms with Gasteiger partial charge in [-0.15, -0.1) is 0 Å². The minimum Gasteiger partial charge on any atom is -0.496 e. The number of hydrogen-bond acceptors (Lipinski definition) is 7. The zero-order chi connectivity index (χ0) is 27.8. The fraction of sp³-hybridized carbons (Fsp3) is 0.233. The zero-order valence-corrected chi connectivity index (χ0v) is 23.7. The van der Waals surface area contributed by atoms with Crippen LogP contribution in [0.5, 0.6) is 11.5 Å². The highest BCUT2D eigenvalue weighted by molar-refractivity contribution is 7.07. The third-order valence-corrected chi connectivity index (χ3v) is 7.70. The van der Waals surface area contributed by atoms with E-state index in [-0.39, 0.29) is 17.2 Å². The molecule has 1 aliphatic rings. The first-order chi connectivity index (χ1) is 18.7. The van der Waals surface area contributed by atoms with Crippen molar-refractivity contribution < 1.29 is 19.0 Å². The number of methoxy groups -OCH3 is 2. The van der Waals surface area contributed by atoms with Gasteiger partial charge < -0.3 is 14.2 Å². The molecule has 4 aromatic rings. The van der Waals surface area contributed by atoms with Gasteiger partial charge in [0.15, 0.2) is 4.80 Å². The maximum absolute atomic E-state index is 14.0. The molecule has 2 heterocycles. The topological polar surface area (TPSA) is 79.1 Å². The Hall–Kier alpha value is -3.88. The minimum absolute atomic E-state index is 0.0265. The van der Waals surface area contributed by atoms with Crippen molar-refractivity contribution in [2.24, 2.45) is 4.99 Å². The average Bonchev–Trinajstić information content (AvgIpc) is 3.22. The van der Waals surface area contributed by atoms with Gasteiger partial charge in [-0.2, -0.15) is 0 Å². The molecule has 0 radical (unpaired) electrons. The highest BCUT2D eigenvalue weighted by atomic mass is 35.5. The third-order valence-electron chi connectivity index (χ3n) is 6.48. The van der Waals surface area contributed by atoms with Gasteiger partial charge in [-0.05, 0) is 62.1 Å². The molecule has 0 saturated heterocycles. The zero-order valence-electron chi connectivity index (χ0n) is 22.2. The average molecular weight is 563 g/mol. The molecule has 39 heavy (non-hydrogen) atoms. The maximum atomic E-state index is 14.0. The normalized spacial score (nSPS) is 15.4. The van der Waals surface area contributed by atoms with E-state index in [1.165, 1.54) is 30.1 Å². The predicted molar refractivity (Wildman–Crippen MR) is 153 cm³/mol. The fourth-order valence-corrected chi connectivity index (χ4v) is 6.04. The van der Waals surface area contributed by atoms with E-state index in [0.717, 1.165) is 22.1 Å². The molecule has 0 amide bonds. The first-order valence-electron chi connectivity index (χ1n) is 12.4. The van der Waals surface area contributed by atoms with E-state index in [1.807, 2.05) is 56.3 Å². The molecule has 9 heteroatoms. The SMILES string of the molecule is COC(=O)C1=C(C)N=c2s/c(=C\c3ccc(OC(C)C)c4ccccc34)c(=O)n2[C@@H]1c1cc(Cl)ccc1OC. The summed E-state index contributed by atoms with van der Waals surface area (Å²) in [7, 11) is 2.83. The standard InChI is InChI=1S/C30H27ClN2O5S/c1-16(2)38-24-12-10-18(20-8-6-7-9-21(20)24)14-25-28(34)33-27(22-15-19(31)11-13-23(22)36-4)26(29(35)37-5)17(3)32-30(33)39-25/h6-16,27H,1-5H3/b25-14-/t27-/m1/s1. The summed E-state index contributed by atoms with van der Waals surface area (Å²) in [6.45, 7) is 5.70. The van der Waals surface area contributed by atoms with Crippen molar-refractivity contribution in [1.29, 1.82) is 0 Å². The van der Waals surface area contributed by atoms with Gasteiger partial charge in [0.1, 0.15) is 17.5 Å². The summed E-state index contributed by atoms with van der Waals surface area (Å²) in [6, 6.07) is 16.1. The number of benzene rings is 3. The molecule has 200 valence electrons. The van der Waals surface area contributed by atoms with Crippen molar-refractivity contribution in [3.63, 3.8) is 0 Å². The quantitative estimate of drug-likeness (QED) is 0.309. The fourth-order valence-electron chi connectivity index (χ4n) is 4.82. The van der Waals surface area contributed by atoms with Crippen LogP contribution in [0.2, 0.25) is 5.02 Å². The molecule has 1 aliphatic heterocycles. The van der Waals surface area contributed by atoms with Crippen molar-refractivity contribution in [2.75, 3.05) is 14.2 Å². The number of allylic oxidation sites excluding steroid dienone is 1. The Balaban J connectivity index is 1.77. The molecule has 3 aromatic carbocycles. The van der Waals surface area contributed by atoms with Crippen LogP contribution in [0.3, 0.4) is 0 Å². The molecule has 0 unspecified atom stereocenters. The van der Waals surface area contributed by atoms with Gasteiger partial charge in [0.2, 0.25) is 0 Å². The Morgan fingerprint density at radius 2 is 1.79 bits per heavy atom. The molecule has 0 aliphatic carbocycles. The number of halogens is 1. The van der Waals surface area contributed by atoms with Crippen LogP contribution in [0.25, 0.3) is 16.8 Å². The van der Waals surface area contributed by atoms with E-state index < -0.39 is 12.0 Å². The second kappa shape index (κ2) is 10.7. The lowest BCUT2D eigenvalue weighted by molar-refractivity contribution is -0.136. The van der Waals surface area contributed by atoms with E-state index >= 15 is 0 Å². The number of thiazole rings is 1. The van der Waals surface area contributed by atoms with Crippen molar-refractivity contribution in [3.05, 3.63) is 102 Å². The van der Waals surface area contributed by atoms with Crippen LogP contribution >= 0.6 is 22.9 Å². The largest absolute Gasteiger partial charge is 0.496 e. The van der Waals surface area contributed by atoms with Gasteiger partial charge in [0, 0.05) is 16.0 Å². The summed E-state index contributed by atoms with van der Waals surface area (Å²) in [5.41, 5.74) is 1.85. The molecular weight excluding hydrogens is 536 g/mol. The van der Waals surface area contributed by atoms with Gasteiger partial charge in [-0.25, -0.2) is 9.79 Å². The highest BCUT2D eigenvalue weighted by Crippen LogP contribution is 2.37. The van der Waals surface area contributed by atoms with Gasteiger partial charge in [-0.1, -0.05) is 53.3 Å². The minimum atomic E-state index is -0.830. The monoisotopic (exact) mass is 562 g/mol. The number of rotatable bonds is 6. The molecule has 5 rings (SSSR count). The van der Waals surface area contributed by atoms with Crippen LogP contribution in [-0.2, 0) is 9.53 Å². The molecule has 7 nitrogen and oxygen atoms in total. The number of esters is 1. The lowest BCUT2D eigenvalue weighted by Gasteiger charge is -2.25. The van der Waals surface area contributed by atoms with Gasteiger partial charge in [-0.3, -0.25) is 9.36 Å². The molecule has 1 atom stereocenters. The molecular formula is C30H27ClN2O5S. The first kappa shape index (κ1) is 26.7. The van der Waals surface area contributed by atoms with Gasteiger partial charge in [0.05, 0.1) is 36.1 Å². The van der Waals surface area contributed by atoms with Crippen LogP contribution in [0.4, 0.5) is 0 Å². The number of fused-ring (bicyclic) bond motifs is 2. The van der Waals surface area contributed by atoms with Gasteiger partial charge >= 0.3 is 5.97 Å². The number of hydrogen-bond donors (Lipinski definition) is 0. The van der Waals surface area contributed by atoms with E-state index in [2.05, 4.69) is 4.99 Å². The van der Waals surface area contributed by atoms with Crippen LogP contribution in [0.15, 0.2) is 75.7 Å². The Morgan fingerprint density at radius 3 is 2.49 bits per heavy atom. The number of ether oxygens (including phenoxy) is 3. The van der Waals surface area contributed by atoms with Crippen LogP contribution in [-0.4, -0.2) is 30.9 Å². The van der Waals surface area contributed by atoms with Crippen LogP contribution < -0.4 is 24.4 Å². The van der Waals surface area contributed by atoms with E-state index in [9.17, 15) is 9.59 Å². The van der Waals surface area contributed by atoms with Crippen molar-refractivity contribution in [1.82, 2.24) is 4.57 Å². The third kappa shape index (κ3) is 4.86. The second-order valence-corrected chi connectivity index (χ2v) is 10.8. The van der Waals surface area contributed by atoms with Crippen molar-refractivity contribution >= 4 is 45.8 Å². The maximum Gasteiger partial charge on any atom is 0.338 e. The van der Waals surface area contributed by atoms with E-state index in [1.54, 1.807) is 25.1 Å². The summed E-state index contributed by atoms with van der Waals surface area (Å²) in [6.07, 6.45) is 1.88. The summed E-state index contributed by atoms with van der Waals surface area (Å²) < 4.78 is 18.7. The Labute approximate surface area is 234 Å². The smallest absolute Gasteiger partial charge is 0.338 e. The van der Waals surface area contributed by atoms with Crippen LogP contribution in [0.1, 0.15) is 37.9 Å². The number of carbonyl (C=O) groups excluding carboxylic acids is 1. The first-order valence-corrected chi connectivity index (χ1v) is 13.6. The summed E-state index contributed by atoms with van der Waals surface area (Å²) in [5, 5.41) is 2.36. The van der Waals surface area contributed by atoms with E-state index in [0.29, 0.717) is 31.4 Å². The van der Waals surface area contributed by atoms with Crippen molar-refractivity contribution in [2.45, 2.75) is 32.9 Å². The molecule has 1 aromatic heterocycles. The number of aromatic nitrogens is 1. The summed E-state index contributed by atoms with van der Waals surface area (Å²) in [5.74, 6) is 0.691. The Kier molecular flexibility index (Phi) is 7.34. The summed E-state index contributed by atoms with van der Waals surface area (Å²) in [4.78, 5) is 32.1. The lowest BCUT2D eigenvalue weighted by Crippen LogP contribution is -2.40. The lowest BCUT2D eigenvalue weighted by atomic mass is 9.95. The molecule has 0 spiro atoms. The number of carbonyl (C=O) groups is 1.